The molecule has 0 radical (unpaired) electrons. The third kappa shape index (κ3) is 3.11. The van der Waals surface area contributed by atoms with Crippen molar-refractivity contribution in [3.05, 3.63) is 40.8 Å². The van der Waals surface area contributed by atoms with E-state index in [9.17, 15) is 9.59 Å². The molecule has 2 fully saturated rings. The van der Waals surface area contributed by atoms with Gasteiger partial charge in [-0.1, -0.05) is 12.1 Å². The number of benzene rings is 1. The van der Waals surface area contributed by atoms with Crippen molar-refractivity contribution in [2.45, 2.75) is 25.0 Å². The molecule has 146 valence electrons. The Balaban J connectivity index is 1.24. The second-order valence-corrected chi connectivity index (χ2v) is 8.30. The van der Waals surface area contributed by atoms with E-state index < -0.39 is 6.10 Å². The van der Waals surface area contributed by atoms with E-state index in [2.05, 4.69) is 10.3 Å². The van der Waals surface area contributed by atoms with Gasteiger partial charge in [-0.25, -0.2) is 4.98 Å². The molecule has 2 unspecified atom stereocenters. The van der Waals surface area contributed by atoms with Crippen LogP contribution in [-0.2, 0) is 4.79 Å². The van der Waals surface area contributed by atoms with Crippen LogP contribution in [0.4, 0.5) is 0 Å². The van der Waals surface area contributed by atoms with E-state index in [-0.39, 0.29) is 36.3 Å². The number of amides is 2. The molecular formula is C20H21N3O4S. The van der Waals surface area contributed by atoms with E-state index >= 15 is 0 Å². The quantitative estimate of drug-likeness (QED) is 0.853. The first kappa shape index (κ1) is 17.5. The van der Waals surface area contributed by atoms with Crippen molar-refractivity contribution in [2.24, 2.45) is 11.8 Å². The lowest BCUT2D eigenvalue weighted by Gasteiger charge is -2.40. The third-order valence-electron chi connectivity index (χ3n) is 5.89. The Kier molecular flexibility index (Phi) is 4.43. The number of fused-ring (bicyclic) bond motifs is 3. The van der Waals surface area contributed by atoms with Gasteiger partial charge in [0.2, 0.25) is 6.10 Å². The fourth-order valence-electron chi connectivity index (χ4n) is 4.53. The van der Waals surface area contributed by atoms with Crippen LogP contribution in [0.1, 0.15) is 23.3 Å². The van der Waals surface area contributed by atoms with Gasteiger partial charge >= 0.3 is 0 Å². The van der Waals surface area contributed by atoms with Crippen molar-refractivity contribution in [1.82, 2.24) is 15.2 Å². The highest BCUT2D eigenvalue weighted by Crippen LogP contribution is 2.38. The Labute approximate surface area is 166 Å². The maximum atomic E-state index is 13.0. The third-order valence-corrected chi connectivity index (χ3v) is 6.48. The Morgan fingerprint density at radius 2 is 1.89 bits per heavy atom. The van der Waals surface area contributed by atoms with Crippen molar-refractivity contribution in [2.75, 3.05) is 19.7 Å². The zero-order valence-corrected chi connectivity index (χ0v) is 16.1. The van der Waals surface area contributed by atoms with Gasteiger partial charge in [0.1, 0.15) is 12.3 Å². The Morgan fingerprint density at radius 3 is 2.61 bits per heavy atom. The van der Waals surface area contributed by atoms with Gasteiger partial charge < -0.3 is 19.7 Å². The molecule has 1 saturated carbocycles. The zero-order chi connectivity index (χ0) is 19.1. The Morgan fingerprint density at radius 1 is 1.14 bits per heavy atom. The number of likely N-dealkylation sites (tertiary alicyclic amines) is 1. The number of nitrogens with one attached hydrogen (secondary N) is 1. The molecular weight excluding hydrogens is 378 g/mol. The van der Waals surface area contributed by atoms with Crippen molar-refractivity contribution in [3.8, 4) is 11.5 Å². The van der Waals surface area contributed by atoms with Crippen LogP contribution in [0, 0.1) is 11.8 Å². The predicted molar refractivity (Wildman–Crippen MR) is 103 cm³/mol. The number of piperidine rings is 1. The van der Waals surface area contributed by atoms with Crippen LogP contribution in [0.3, 0.4) is 0 Å². The normalized spacial score (nSPS) is 28.1. The van der Waals surface area contributed by atoms with E-state index in [1.165, 1.54) is 11.3 Å². The molecule has 3 aliphatic rings. The zero-order valence-electron chi connectivity index (χ0n) is 15.2. The molecule has 1 aliphatic carbocycles. The van der Waals surface area contributed by atoms with Crippen molar-refractivity contribution < 1.29 is 19.1 Å². The molecule has 1 N–H and O–H groups in total. The summed E-state index contributed by atoms with van der Waals surface area (Å²) >= 11 is 1.41. The summed E-state index contributed by atoms with van der Waals surface area (Å²) in [6, 6.07) is 7.51. The fourth-order valence-corrected chi connectivity index (χ4v) is 5.07. The van der Waals surface area contributed by atoms with Gasteiger partial charge in [0.15, 0.2) is 11.5 Å². The number of thiazole rings is 1. The van der Waals surface area contributed by atoms with Gasteiger partial charge in [-0.2, -0.15) is 0 Å². The summed E-state index contributed by atoms with van der Waals surface area (Å²) < 4.78 is 11.6. The largest absolute Gasteiger partial charge is 0.485 e. The predicted octanol–water partition coefficient (Wildman–Crippen LogP) is 1.95. The second-order valence-electron chi connectivity index (χ2n) is 7.58. The maximum Gasteiger partial charge on any atom is 0.270 e. The number of hydrogen-bond acceptors (Lipinski definition) is 6. The molecule has 1 aromatic carbocycles. The summed E-state index contributed by atoms with van der Waals surface area (Å²) in [4.78, 5) is 31.4. The van der Waals surface area contributed by atoms with Gasteiger partial charge in [0, 0.05) is 24.5 Å². The topological polar surface area (TPSA) is 80.8 Å². The molecule has 2 bridgehead atoms. The minimum atomic E-state index is -0.615. The first-order valence-electron chi connectivity index (χ1n) is 9.55. The van der Waals surface area contributed by atoms with Crippen molar-refractivity contribution >= 4 is 23.2 Å². The molecule has 8 heteroatoms. The number of nitrogens with zero attached hydrogens (tertiary/aromatic N) is 2. The Bertz CT molecular complexity index is 873. The number of carbonyl (C=O) groups excluding carboxylic acids is 2. The van der Waals surface area contributed by atoms with Gasteiger partial charge in [0.25, 0.3) is 11.8 Å². The molecule has 1 saturated heterocycles. The van der Waals surface area contributed by atoms with Crippen LogP contribution in [0.5, 0.6) is 11.5 Å². The van der Waals surface area contributed by atoms with Crippen molar-refractivity contribution in [1.29, 1.82) is 0 Å². The molecule has 5 rings (SSSR count). The summed E-state index contributed by atoms with van der Waals surface area (Å²) in [5.74, 6) is 1.67. The summed E-state index contributed by atoms with van der Waals surface area (Å²) in [7, 11) is 0. The standard InChI is InChI=1S/C20H21N3O4S/c24-19(14-10-28-11-21-14)22-18-12-5-6-13(18)8-23(7-12)20(25)17-9-26-15-3-1-2-4-16(15)27-17/h1-4,10-13,17-18H,5-9H2,(H,22,24)/t12-,13+,17?,18?. The Hall–Kier alpha value is -2.61. The smallest absolute Gasteiger partial charge is 0.270 e. The van der Waals surface area contributed by atoms with Crippen LogP contribution < -0.4 is 14.8 Å². The number of aromatic nitrogens is 1. The summed E-state index contributed by atoms with van der Waals surface area (Å²) in [5.41, 5.74) is 2.13. The molecule has 4 atom stereocenters. The number of rotatable bonds is 3. The minimum Gasteiger partial charge on any atom is -0.485 e. The highest BCUT2D eigenvalue weighted by atomic mass is 32.1. The number of hydrogen-bond donors (Lipinski definition) is 1. The van der Waals surface area contributed by atoms with E-state index in [1.54, 1.807) is 10.9 Å². The molecule has 2 amide bonds. The van der Waals surface area contributed by atoms with Crippen LogP contribution >= 0.6 is 11.3 Å². The van der Waals surface area contributed by atoms with Crippen molar-refractivity contribution in [3.63, 3.8) is 0 Å². The van der Waals surface area contributed by atoms with E-state index in [0.717, 1.165) is 12.8 Å². The van der Waals surface area contributed by atoms with Crippen LogP contribution in [0.2, 0.25) is 0 Å². The number of ether oxygens (including phenoxy) is 2. The minimum absolute atomic E-state index is 0.0318. The summed E-state index contributed by atoms with van der Waals surface area (Å²) in [6.45, 7) is 1.50. The molecule has 2 aromatic rings. The highest BCUT2D eigenvalue weighted by Gasteiger charge is 2.45. The molecule has 1 aromatic heterocycles. The molecule has 7 nitrogen and oxygen atoms in total. The SMILES string of the molecule is O=C(NC1[C@@H]2CC[C@H]1CN(C(=O)C1COc3ccccc3O1)C2)c1cscn1. The summed E-state index contributed by atoms with van der Waals surface area (Å²) in [6.07, 6.45) is 1.42. The second kappa shape index (κ2) is 7.09. The van der Waals surface area contributed by atoms with Crippen LogP contribution in [-0.4, -0.2) is 53.5 Å². The monoisotopic (exact) mass is 399 g/mol. The van der Waals surface area contributed by atoms with Crippen LogP contribution in [0.25, 0.3) is 0 Å². The lowest BCUT2D eigenvalue weighted by atomic mass is 9.91. The fraction of sp³-hybridized carbons (Fsp3) is 0.450. The highest BCUT2D eigenvalue weighted by molar-refractivity contribution is 7.07. The maximum absolute atomic E-state index is 13.0. The molecule has 3 heterocycles. The average Bonchev–Trinajstić information content (AvgIpc) is 3.33. The summed E-state index contributed by atoms with van der Waals surface area (Å²) in [5, 5.41) is 4.90. The lowest BCUT2D eigenvalue weighted by molar-refractivity contribution is -0.143. The van der Waals surface area contributed by atoms with Gasteiger partial charge in [-0.15, -0.1) is 11.3 Å². The molecule has 0 spiro atoms. The van der Waals surface area contributed by atoms with E-state index in [0.29, 0.717) is 30.3 Å². The lowest BCUT2D eigenvalue weighted by Crippen LogP contribution is -2.57. The number of carbonyl (C=O) groups is 2. The van der Waals surface area contributed by atoms with Gasteiger partial charge in [-0.05, 0) is 36.8 Å². The van der Waals surface area contributed by atoms with Crippen LogP contribution in [0.15, 0.2) is 35.2 Å². The van der Waals surface area contributed by atoms with Gasteiger partial charge in [0.05, 0.1) is 5.51 Å². The first-order chi connectivity index (χ1) is 13.7. The number of para-hydroxylation sites is 2. The molecule has 2 aliphatic heterocycles. The average molecular weight is 399 g/mol. The van der Waals surface area contributed by atoms with E-state index in [1.807, 2.05) is 29.2 Å². The first-order valence-corrected chi connectivity index (χ1v) is 10.5. The molecule has 28 heavy (non-hydrogen) atoms. The van der Waals surface area contributed by atoms with Gasteiger partial charge in [-0.3, -0.25) is 9.59 Å². The van der Waals surface area contributed by atoms with E-state index in [4.69, 9.17) is 9.47 Å².